The number of carbonyl (C=O) groups is 1. The molecule has 0 saturated carbocycles. The highest BCUT2D eigenvalue weighted by Gasteiger charge is 2.50. The number of pyridine rings is 1. The van der Waals surface area contributed by atoms with Crippen molar-refractivity contribution in [2.24, 2.45) is 5.41 Å². The van der Waals surface area contributed by atoms with E-state index in [0.717, 1.165) is 13.8 Å². The molecule has 34 heavy (non-hydrogen) atoms. The molecule has 0 aliphatic heterocycles. The highest BCUT2D eigenvalue weighted by molar-refractivity contribution is 5.98. The predicted octanol–water partition coefficient (Wildman–Crippen LogP) is 4.21. The van der Waals surface area contributed by atoms with Gasteiger partial charge in [-0.1, -0.05) is 6.07 Å². The lowest BCUT2D eigenvalue weighted by molar-refractivity contribution is -0.186. The molecule has 1 atom stereocenters. The van der Waals surface area contributed by atoms with Crippen molar-refractivity contribution in [2.45, 2.75) is 52.8 Å². The third-order valence-electron chi connectivity index (χ3n) is 5.39. The normalized spacial score (nSPS) is 13.5. The van der Waals surface area contributed by atoms with E-state index < -0.39 is 35.0 Å². The van der Waals surface area contributed by atoms with Crippen molar-refractivity contribution < 1.29 is 23.1 Å². The van der Waals surface area contributed by atoms with Gasteiger partial charge in [0.25, 0.3) is 0 Å². The third kappa shape index (κ3) is 5.19. The van der Waals surface area contributed by atoms with Crippen LogP contribution in [0, 0.1) is 22.2 Å². The van der Waals surface area contributed by atoms with Crippen molar-refractivity contribution in [1.82, 2.24) is 20.1 Å². The lowest BCUT2D eigenvalue weighted by Crippen LogP contribution is -2.39. The Kier molecular flexibility index (Phi) is 7.40. The van der Waals surface area contributed by atoms with E-state index in [2.05, 4.69) is 15.4 Å². The molecule has 2 heterocycles. The second-order valence-corrected chi connectivity index (χ2v) is 8.51. The first-order chi connectivity index (χ1) is 15.6. The molecule has 0 saturated heterocycles. The van der Waals surface area contributed by atoms with Gasteiger partial charge in [-0.2, -0.15) is 23.5 Å². The van der Waals surface area contributed by atoms with E-state index in [1.165, 1.54) is 17.8 Å². The van der Waals surface area contributed by atoms with Crippen LogP contribution in [0.25, 0.3) is 11.4 Å². The van der Waals surface area contributed by atoms with Gasteiger partial charge < -0.3 is 16.2 Å². The molecule has 12 heteroatoms. The average Bonchev–Trinajstić information content (AvgIpc) is 3.08. The van der Waals surface area contributed by atoms with Gasteiger partial charge in [0, 0.05) is 18.3 Å². The summed E-state index contributed by atoms with van der Waals surface area (Å²) in [6.07, 6.45) is -2.76. The standard InChI is InChI=1S/C22H26F3N7O2/c1-11(2)32-19(28)14(9-26)18(31-32)15-7-6-13(10-29-15)12(3)20(34)30-17(33)8-16(27)21(4,5)22(23,24)25/h6-8,10-12,27,33H,28H2,1-5H3,(H,30,34)/b17-8-,27-16?. The van der Waals surface area contributed by atoms with Crippen molar-refractivity contribution in [3.8, 4) is 17.5 Å². The minimum atomic E-state index is -4.70. The summed E-state index contributed by atoms with van der Waals surface area (Å²) in [7, 11) is 0. The lowest BCUT2D eigenvalue weighted by atomic mass is 9.86. The topological polar surface area (TPSA) is 154 Å². The summed E-state index contributed by atoms with van der Waals surface area (Å²) in [5, 5.41) is 33.4. The maximum absolute atomic E-state index is 13.0. The second-order valence-electron chi connectivity index (χ2n) is 8.51. The summed E-state index contributed by atoms with van der Waals surface area (Å²) in [6, 6.07) is 5.08. The summed E-state index contributed by atoms with van der Waals surface area (Å²) in [6.45, 7) is 6.83. The number of hydrogen-bond acceptors (Lipinski definition) is 7. The molecule has 0 radical (unpaired) electrons. The fourth-order valence-corrected chi connectivity index (χ4v) is 2.82. The first kappa shape index (κ1) is 26.4. The van der Waals surface area contributed by atoms with Crippen LogP contribution in [0.2, 0.25) is 0 Å². The van der Waals surface area contributed by atoms with Gasteiger partial charge in [0.15, 0.2) is 5.88 Å². The van der Waals surface area contributed by atoms with Crippen LogP contribution in [-0.2, 0) is 4.79 Å². The van der Waals surface area contributed by atoms with Crippen LogP contribution in [0.4, 0.5) is 19.0 Å². The van der Waals surface area contributed by atoms with Gasteiger partial charge in [-0.3, -0.25) is 15.1 Å². The van der Waals surface area contributed by atoms with Crippen molar-refractivity contribution in [2.75, 3.05) is 5.73 Å². The number of alkyl halides is 3. The van der Waals surface area contributed by atoms with Gasteiger partial charge in [-0.25, -0.2) is 4.68 Å². The van der Waals surface area contributed by atoms with Crippen LogP contribution in [0.5, 0.6) is 0 Å². The third-order valence-corrected chi connectivity index (χ3v) is 5.39. The number of amides is 1. The number of anilines is 1. The Morgan fingerprint density at radius 3 is 2.41 bits per heavy atom. The van der Waals surface area contributed by atoms with E-state index in [1.54, 1.807) is 12.1 Å². The molecule has 0 aromatic carbocycles. The summed E-state index contributed by atoms with van der Waals surface area (Å²) in [5.41, 5.74) is 3.85. The van der Waals surface area contributed by atoms with Gasteiger partial charge >= 0.3 is 6.18 Å². The lowest BCUT2D eigenvalue weighted by Gasteiger charge is -2.27. The van der Waals surface area contributed by atoms with Crippen molar-refractivity contribution in [1.29, 1.82) is 10.7 Å². The van der Waals surface area contributed by atoms with E-state index in [9.17, 15) is 28.3 Å². The average molecular weight is 477 g/mol. The van der Waals surface area contributed by atoms with Gasteiger partial charge in [-0.15, -0.1) is 0 Å². The number of halogens is 3. The smallest absolute Gasteiger partial charge is 0.399 e. The van der Waals surface area contributed by atoms with E-state index in [0.29, 0.717) is 23.0 Å². The Balaban J connectivity index is 2.20. The maximum atomic E-state index is 13.0. The zero-order chi connectivity index (χ0) is 26.0. The highest BCUT2D eigenvalue weighted by Crippen LogP contribution is 2.38. The number of rotatable bonds is 7. The Labute approximate surface area is 194 Å². The molecule has 0 aliphatic carbocycles. The van der Waals surface area contributed by atoms with Crippen LogP contribution >= 0.6 is 0 Å². The van der Waals surface area contributed by atoms with E-state index >= 15 is 0 Å². The summed E-state index contributed by atoms with van der Waals surface area (Å²) >= 11 is 0. The molecule has 0 aliphatic rings. The van der Waals surface area contributed by atoms with Crippen molar-refractivity contribution in [3.63, 3.8) is 0 Å². The molecule has 1 amide bonds. The molecule has 5 N–H and O–H groups in total. The number of nitrogens with one attached hydrogen (secondary N) is 2. The number of carbonyl (C=O) groups excluding carboxylic acids is 1. The summed E-state index contributed by atoms with van der Waals surface area (Å²) in [5.74, 6) is -2.22. The molecule has 0 spiro atoms. The fourth-order valence-electron chi connectivity index (χ4n) is 2.82. The summed E-state index contributed by atoms with van der Waals surface area (Å²) < 4.78 is 40.6. The number of nitrogens with zero attached hydrogens (tertiary/aromatic N) is 4. The van der Waals surface area contributed by atoms with Gasteiger partial charge in [-0.05, 0) is 46.2 Å². The van der Waals surface area contributed by atoms with Crippen LogP contribution < -0.4 is 11.1 Å². The molecular weight excluding hydrogens is 451 g/mol. The van der Waals surface area contributed by atoms with Crippen LogP contribution in [0.15, 0.2) is 30.3 Å². The Hall–Kier alpha value is -3.88. The van der Waals surface area contributed by atoms with E-state index in [4.69, 9.17) is 11.1 Å². The molecular formula is C22H26F3N7O2. The molecule has 0 bridgehead atoms. The molecule has 2 aromatic rings. The molecule has 1 unspecified atom stereocenters. The SMILES string of the molecule is CC(C(=O)N/C(O)=C/C(=N)C(C)(C)C(F)(F)F)c1ccc(-c2nn(C(C)C)c(N)c2C#N)nc1. The number of aromatic nitrogens is 3. The quantitative estimate of drug-likeness (QED) is 0.346. The van der Waals surface area contributed by atoms with Gasteiger partial charge in [0.05, 0.1) is 17.3 Å². The van der Waals surface area contributed by atoms with Crippen LogP contribution in [0.1, 0.15) is 57.7 Å². The molecule has 2 aromatic heterocycles. The van der Waals surface area contributed by atoms with Crippen LogP contribution in [-0.4, -0.2) is 37.7 Å². The van der Waals surface area contributed by atoms with Gasteiger partial charge in [0.2, 0.25) is 5.91 Å². The molecule has 9 nitrogen and oxygen atoms in total. The number of hydrogen-bond donors (Lipinski definition) is 4. The molecule has 0 fully saturated rings. The van der Waals surface area contributed by atoms with Crippen LogP contribution in [0.3, 0.4) is 0 Å². The number of aliphatic hydroxyl groups excluding tert-OH is 1. The summed E-state index contributed by atoms with van der Waals surface area (Å²) in [4.78, 5) is 16.7. The van der Waals surface area contributed by atoms with Crippen molar-refractivity contribution in [3.05, 3.63) is 41.4 Å². The largest absolute Gasteiger partial charge is 0.494 e. The van der Waals surface area contributed by atoms with Crippen molar-refractivity contribution >= 4 is 17.4 Å². The van der Waals surface area contributed by atoms with Gasteiger partial charge in [0.1, 0.15) is 28.6 Å². The predicted molar refractivity (Wildman–Crippen MR) is 120 cm³/mol. The monoisotopic (exact) mass is 477 g/mol. The zero-order valence-electron chi connectivity index (χ0n) is 19.3. The van der Waals surface area contributed by atoms with E-state index in [-0.39, 0.29) is 17.4 Å². The first-order valence-electron chi connectivity index (χ1n) is 10.2. The zero-order valence-corrected chi connectivity index (χ0v) is 19.3. The first-order valence-corrected chi connectivity index (χ1v) is 10.2. The number of nitriles is 1. The minimum Gasteiger partial charge on any atom is -0.494 e. The fraction of sp³-hybridized carbons (Fsp3) is 0.409. The highest BCUT2D eigenvalue weighted by atomic mass is 19.4. The Morgan fingerprint density at radius 2 is 1.94 bits per heavy atom. The number of nitrogens with two attached hydrogens (primary N) is 1. The maximum Gasteiger partial charge on any atom is 0.399 e. The number of nitrogen functional groups attached to an aromatic ring is 1. The second kappa shape index (κ2) is 9.54. The number of allylic oxidation sites excluding steroid dienone is 1. The molecule has 182 valence electrons. The number of aliphatic hydroxyl groups is 1. The minimum absolute atomic E-state index is 0.0761. The van der Waals surface area contributed by atoms with E-state index in [1.807, 2.05) is 19.9 Å². The Morgan fingerprint density at radius 1 is 1.32 bits per heavy atom. The molecule has 2 rings (SSSR count). The Bertz CT molecular complexity index is 1160.